The number of esters is 1. The lowest BCUT2D eigenvalue weighted by molar-refractivity contribution is -0.281. The molecule has 7 nitrogen and oxygen atoms in total. The van der Waals surface area contributed by atoms with Gasteiger partial charge in [0.05, 0.1) is 12.0 Å². The first kappa shape index (κ1) is 17.6. The number of aliphatic hydroxyl groups excluding tert-OH is 1. The van der Waals surface area contributed by atoms with Gasteiger partial charge in [-0.05, 0) is 34.6 Å². The van der Waals surface area contributed by atoms with Crippen LogP contribution >= 0.6 is 0 Å². The molecule has 0 saturated carbocycles. The Morgan fingerprint density at radius 1 is 1.23 bits per heavy atom. The summed E-state index contributed by atoms with van der Waals surface area (Å²) >= 11 is 0. The monoisotopic (exact) mass is 318 g/mol. The molecule has 2 aliphatic rings. The van der Waals surface area contributed by atoms with Crippen LogP contribution in [0.2, 0.25) is 0 Å². The average Bonchev–Trinajstić information content (AvgIpc) is 2.73. The molecule has 0 aromatic heterocycles. The zero-order valence-electron chi connectivity index (χ0n) is 14.0. The maximum Gasteiger partial charge on any atom is 0.311 e. The van der Waals surface area contributed by atoms with E-state index in [9.17, 15) is 9.90 Å². The van der Waals surface area contributed by atoms with Gasteiger partial charge in [-0.2, -0.15) is 0 Å². The number of aliphatic hydroxyl groups is 1. The first-order chi connectivity index (χ1) is 10.1. The Bertz CT molecular complexity index is 415. The fraction of sp³-hybridized carbons (Fsp3) is 0.933. The number of fused-ring (bicyclic) bond motifs is 1. The SMILES string of the molecule is COC1OC(CO)C2OC(C)(C)OC2C1OC(=O)C(C)(C)C. The van der Waals surface area contributed by atoms with E-state index < -0.39 is 41.9 Å². The van der Waals surface area contributed by atoms with Crippen LogP contribution in [0, 0.1) is 5.41 Å². The molecule has 2 saturated heterocycles. The summed E-state index contributed by atoms with van der Waals surface area (Å²) in [5.74, 6) is -1.22. The van der Waals surface area contributed by atoms with Crippen LogP contribution in [0.15, 0.2) is 0 Å². The lowest BCUT2D eigenvalue weighted by atomic mass is 9.95. The number of hydrogen-bond donors (Lipinski definition) is 1. The maximum atomic E-state index is 12.2. The summed E-state index contributed by atoms with van der Waals surface area (Å²) in [6, 6.07) is 0. The summed E-state index contributed by atoms with van der Waals surface area (Å²) in [6.45, 7) is 8.61. The number of carbonyl (C=O) groups excluding carboxylic acids is 1. The van der Waals surface area contributed by atoms with Crippen molar-refractivity contribution in [2.75, 3.05) is 13.7 Å². The standard InChI is InChI=1S/C15H26O7/c1-14(2,3)13(17)20-11-10-9(21-15(4,5)22-10)8(7-16)19-12(11)18-6/h8-12,16H,7H2,1-6H3. The van der Waals surface area contributed by atoms with Crippen molar-refractivity contribution in [1.82, 2.24) is 0 Å². The molecule has 5 unspecified atom stereocenters. The van der Waals surface area contributed by atoms with E-state index in [1.165, 1.54) is 7.11 Å². The van der Waals surface area contributed by atoms with E-state index in [0.717, 1.165) is 0 Å². The summed E-state index contributed by atoms with van der Waals surface area (Å²) in [5, 5.41) is 9.50. The van der Waals surface area contributed by atoms with Crippen molar-refractivity contribution in [3.63, 3.8) is 0 Å². The summed E-state index contributed by atoms with van der Waals surface area (Å²) in [5.41, 5.74) is -0.656. The smallest absolute Gasteiger partial charge is 0.311 e. The molecule has 7 heteroatoms. The first-order valence-corrected chi connectivity index (χ1v) is 7.45. The van der Waals surface area contributed by atoms with Crippen molar-refractivity contribution < 1.29 is 33.6 Å². The van der Waals surface area contributed by atoms with Gasteiger partial charge in [-0.1, -0.05) is 0 Å². The van der Waals surface area contributed by atoms with Crippen molar-refractivity contribution in [2.45, 2.75) is 71.1 Å². The molecule has 2 aliphatic heterocycles. The van der Waals surface area contributed by atoms with Crippen molar-refractivity contribution >= 4 is 5.97 Å². The van der Waals surface area contributed by atoms with Crippen molar-refractivity contribution in [2.24, 2.45) is 5.41 Å². The van der Waals surface area contributed by atoms with Crippen LogP contribution in [0.4, 0.5) is 0 Å². The Morgan fingerprint density at radius 2 is 1.82 bits per heavy atom. The van der Waals surface area contributed by atoms with Gasteiger partial charge in [0.1, 0.15) is 18.3 Å². The van der Waals surface area contributed by atoms with E-state index in [-0.39, 0.29) is 12.6 Å². The summed E-state index contributed by atoms with van der Waals surface area (Å²) in [7, 11) is 1.46. The number of hydrogen-bond acceptors (Lipinski definition) is 7. The molecule has 0 bridgehead atoms. The summed E-state index contributed by atoms with van der Waals surface area (Å²) in [4.78, 5) is 12.2. The lowest BCUT2D eigenvalue weighted by Gasteiger charge is -2.41. The molecule has 0 aromatic rings. The maximum absolute atomic E-state index is 12.2. The highest BCUT2D eigenvalue weighted by Crippen LogP contribution is 2.39. The second-order valence-electron chi connectivity index (χ2n) is 7.15. The van der Waals surface area contributed by atoms with E-state index >= 15 is 0 Å². The van der Waals surface area contributed by atoms with Gasteiger partial charge in [0.25, 0.3) is 0 Å². The van der Waals surface area contributed by atoms with Gasteiger partial charge < -0.3 is 28.8 Å². The van der Waals surface area contributed by atoms with Gasteiger partial charge in [0.15, 0.2) is 18.2 Å². The van der Waals surface area contributed by atoms with Gasteiger partial charge in [0, 0.05) is 7.11 Å². The normalized spacial score (nSPS) is 37.7. The predicted octanol–water partition coefficient (Wildman–Crippen LogP) is 0.828. The number of carbonyl (C=O) groups is 1. The summed E-state index contributed by atoms with van der Waals surface area (Å²) in [6.07, 6.45) is -3.25. The molecular formula is C15H26O7. The highest BCUT2D eigenvalue weighted by molar-refractivity contribution is 5.75. The molecule has 2 heterocycles. The quantitative estimate of drug-likeness (QED) is 0.772. The van der Waals surface area contributed by atoms with Gasteiger partial charge in [-0.25, -0.2) is 0 Å². The zero-order valence-corrected chi connectivity index (χ0v) is 14.0. The predicted molar refractivity (Wildman–Crippen MR) is 75.9 cm³/mol. The van der Waals surface area contributed by atoms with Crippen LogP contribution in [0.5, 0.6) is 0 Å². The molecule has 5 atom stereocenters. The van der Waals surface area contributed by atoms with Gasteiger partial charge in [-0.3, -0.25) is 4.79 Å². The van der Waals surface area contributed by atoms with E-state index in [2.05, 4.69) is 0 Å². The van der Waals surface area contributed by atoms with Crippen LogP contribution in [0.3, 0.4) is 0 Å². The largest absolute Gasteiger partial charge is 0.454 e. The van der Waals surface area contributed by atoms with Crippen LogP contribution in [-0.4, -0.2) is 61.3 Å². The Kier molecular flexibility index (Phi) is 4.85. The Balaban J connectivity index is 2.24. The van der Waals surface area contributed by atoms with E-state index in [1.54, 1.807) is 34.6 Å². The lowest BCUT2D eigenvalue weighted by Crippen LogP contribution is -2.59. The number of methoxy groups -OCH3 is 1. The zero-order chi connectivity index (χ0) is 16.7. The molecule has 0 radical (unpaired) electrons. The molecule has 128 valence electrons. The highest BCUT2D eigenvalue weighted by Gasteiger charge is 2.57. The molecule has 1 N–H and O–H groups in total. The van der Waals surface area contributed by atoms with Crippen molar-refractivity contribution in [3.8, 4) is 0 Å². The number of rotatable bonds is 3. The fourth-order valence-electron chi connectivity index (χ4n) is 2.60. The Morgan fingerprint density at radius 3 is 2.32 bits per heavy atom. The van der Waals surface area contributed by atoms with E-state index in [0.29, 0.717) is 0 Å². The third kappa shape index (κ3) is 3.44. The average molecular weight is 318 g/mol. The van der Waals surface area contributed by atoms with E-state index in [1.807, 2.05) is 0 Å². The minimum Gasteiger partial charge on any atom is -0.454 e. The Labute approximate surface area is 130 Å². The molecular weight excluding hydrogens is 292 g/mol. The second-order valence-corrected chi connectivity index (χ2v) is 7.15. The molecule has 0 aliphatic carbocycles. The molecule has 0 aromatic carbocycles. The third-order valence-corrected chi connectivity index (χ3v) is 3.70. The van der Waals surface area contributed by atoms with Crippen molar-refractivity contribution in [3.05, 3.63) is 0 Å². The second kappa shape index (κ2) is 6.05. The molecule has 22 heavy (non-hydrogen) atoms. The minimum absolute atomic E-state index is 0.236. The third-order valence-electron chi connectivity index (χ3n) is 3.70. The first-order valence-electron chi connectivity index (χ1n) is 7.45. The van der Waals surface area contributed by atoms with Crippen LogP contribution in [0.1, 0.15) is 34.6 Å². The molecule has 2 fully saturated rings. The fourth-order valence-corrected chi connectivity index (χ4v) is 2.60. The molecule has 0 spiro atoms. The highest BCUT2D eigenvalue weighted by atomic mass is 16.8. The van der Waals surface area contributed by atoms with E-state index in [4.69, 9.17) is 23.7 Å². The van der Waals surface area contributed by atoms with Crippen LogP contribution < -0.4 is 0 Å². The topological polar surface area (TPSA) is 83.5 Å². The van der Waals surface area contributed by atoms with Gasteiger partial charge in [0.2, 0.25) is 0 Å². The van der Waals surface area contributed by atoms with Crippen LogP contribution in [0.25, 0.3) is 0 Å². The van der Waals surface area contributed by atoms with Crippen LogP contribution in [-0.2, 0) is 28.5 Å². The summed E-state index contributed by atoms with van der Waals surface area (Å²) < 4.78 is 28.2. The Hall–Kier alpha value is -0.730. The van der Waals surface area contributed by atoms with Gasteiger partial charge in [-0.15, -0.1) is 0 Å². The van der Waals surface area contributed by atoms with Gasteiger partial charge >= 0.3 is 5.97 Å². The number of ether oxygens (including phenoxy) is 5. The molecule has 0 amide bonds. The minimum atomic E-state index is -0.846. The van der Waals surface area contributed by atoms with Crippen molar-refractivity contribution in [1.29, 1.82) is 0 Å². The molecule has 2 rings (SSSR count).